The highest BCUT2D eigenvalue weighted by molar-refractivity contribution is 6.31. The molecule has 0 bridgehead atoms. The van der Waals surface area contributed by atoms with Crippen LogP contribution in [0, 0.1) is 5.82 Å². The Morgan fingerprint density at radius 2 is 2.31 bits per heavy atom. The highest BCUT2D eigenvalue weighted by atomic mass is 35.5. The molecule has 1 N–H and O–H groups in total. The zero-order chi connectivity index (χ0) is 9.42. The highest BCUT2D eigenvalue weighted by Gasteiger charge is 2.05. The van der Waals surface area contributed by atoms with E-state index in [1.54, 1.807) is 0 Å². The first-order valence-corrected chi connectivity index (χ1v) is 3.89. The summed E-state index contributed by atoms with van der Waals surface area (Å²) in [6.07, 6.45) is 2.28. The molecule has 2 aromatic heterocycles. The molecule has 2 aromatic rings. The lowest BCUT2D eigenvalue weighted by Gasteiger charge is -1.96. The molecule has 3 nitrogen and oxygen atoms in total. The lowest BCUT2D eigenvalue weighted by Crippen LogP contribution is -2.07. The van der Waals surface area contributed by atoms with E-state index in [1.807, 2.05) is 0 Å². The zero-order valence-corrected chi connectivity index (χ0v) is 7.10. The summed E-state index contributed by atoms with van der Waals surface area (Å²) in [6.45, 7) is 0. The second-order valence-electron chi connectivity index (χ2n) is 2.52. The Bertz CT molecular complexity index is 523. The van der Waals surface area contributed by atoms with Crippen molar-refractivity contribution in [1.29, 1.82) is 0 Å². The summed E-state index contributed by atoms with van der Waals surface area (Å²) in [7, 11) is 0. The molecule has 0 saturated carbocycles. The fraction of sp³-hybridized carbons (Fsp3) is 0. The lowest BCUT2D eigenvalue weighted by molar-refractivity contribution is 0.630. The molecule has 0 radical (unpaired) electrons. The van der Waals surface area contributed by atoms with Crippen molar-refractivity contribution in [3.05, 3.63) is 39.7 Å². The molecule has 0 atom stereocenters. The quantitative estimate of drug-likeness (QED) is 0.701. The van der Waals surface area contributed by atoms with Crippen LogP contribution in [0.1, 0.15) is 0 Å². The van der Waals surface area contributed by atoms with Gasteiger partial charge in [-0.25, -0.2) is 4.39 Å². The van der Waals surface area contributed by atoms with E-state index in [9.17, 15) is 9.18 Å². The maximum atomic E-state index is 13.0. The fourth-order valence-corrected chi connectivity index (χ4v) is 1.24. The van der Waals surface area contributed by atoms with Crippen LogP contribution in [0.4, 0.5) is 4.39 Å². The molecule has 5 heteroatoms. The predicted molar refractivity (Wildman–Crippen MR) is 47.3 cm³/mol. The number of nitrogens with one attached hydrogen (secondary N) is 1. The van der Waals surface area contributed by atoms with Crippen LogP contribution in [-0.2, 0) is 0 Å². The van der Waals surface area contributed by atoms with Gasteiger partial charge in [0.05, 0.1) is 10.4 Å². The molecule has 0 aromatic carbocycles. The number of aromatic amines is 1. The number of rotatable bonds is 0. The molecular formula is C8H4ClFN2O. The number of H-pyrrole nitrogens is 1. The first-order valence-electron chi connectivity index (χ1n) is 3.51. The van der Waals surface area contributed by atoms with E-state index in [0.29, 0.717) is 5.02 Å². The Morgan fingerprint density at radius 3 is 3.08 bits per heavy atom. The van der Waals surface area contributed by atoms with Gasteiger partial charge in [-0.3, -0.25) is 9.78 Å². The van der Waals surface area contributed by atoms with Gasteiger partial charge in [-0.2, -0.15) is 0 Å². The van der Waals surface area contributed by atoms with Crippen molar-refractivity contribution in [2.75, 3.05) is 0 Å². The number of pyridine rings is 2. The SMILES string of the molecule is O=c1[nH]cc(F)c2ncc(Cl)cc12. The van der Waals surface area contributed by atoms with Gasteiger partial charge >= 0.3 is 0 Å². The minimum Gasteiger partial charge on any atom is -0.326 e. The van der Waals surface area contributed by atoms with E-state index in [-0.39, 0.29) is 10.9 Å². The predicted octanol–water partition coefficient (Wildman–Crippen LogP) is 1.72. The molecule has 13 heavy (non-hydrogen) atoms. The van der Waals surface area contributed by atoms with E-state index >= 15 is 0 Å². The van der Waals surface area contributed by atoms with Crippen LogP contribution >= 0.6 is 11.6 Å². The van der Waals surface area contributed by atoms with Gasteiger partial charge in [0.1, 0.15) is 5.52 Å². The van der Waals surface area contributed by atoms with Crippen molar-refractivity contribution in [2.24, 2.45) is 0 Å². The molecule has 2 heterocycles. The van der Waals surface area contributed by atoms with Crippen LogP contribution in [-0.4, -0.2) is 9.97 Å². The number of aromatic nitrogens is 2. The molecule has 66 valence electrons. The van der Waals surface area contributed by atoms with Crippen molar-refractivity contribution in [3.63, 3.8) is 0 Å². The number of fused-ring (bicyclic) bond motifs is 1. The van der Waals surface area contributed by atoms with Crippen LogP contribution in [0.15, 0.2) is 23.3 Å². The second-order valence-corrected chi connectivity index (χ2v) is 2.95. The smallest absolute Gasteiger partial charge is 0.257 e. The van der Waals surface area contributed by atoms with Gasteiger partial charge in [-0.15, -0.1) is 0 Å². The van der Waals surface area contributed by atoms with Gasteiger partial charge in [-0.1, -0.05) is 11.6 Å². The molecule has 2 rings (SSSR count). The first-order chi connectivity index (χ1) is 6.18. The van der Waals surface area contributed by atoms with Crippen LogP contribution in [0.25, 0.3) is 10.9 Å². The molecular weight excluding hydrogens is 195 g/mol. The van der Waals surface area contributed by atoms with E-state index in [4.69, 9.17) is 11.6 Å². The molecule has 0 aliphatic rings. The number of hydrogen-bond donors (Lipinski definition) is 1. The second kappa shape index (κ2) is 2.81. The summed E-state index contributed by atoms with van der Waals surface area (Å²) in [5, 5.41) is 0.469. The molecule has 0 unspecified atom stereocenters. The third kappa shape index (κ3) is 1.29. The van der Waals surface area contributed by atoms with Crippen LogP contribution in [0.3, 0.4) is 0 Å². The van der Waals surface area contributed by atoms with E-state index in [0.717, 1.165) is 6.20 Å². The fourth-order valence-electron chi connectivity index (χ4n) is 1.08. The minimum atomic E-state index is -0.564. The first kappa shape index (κ1) is 8.19. The third-order valence-electron chi connectivity index (χ3n) is 1.66. The Balaban J connectivity index is 3.01. The minimum absolute atomic E-state index is 0.0353. The van der Waals surface area contributed by atoms with Crippen molar-refractivity contribution in [1.82, 2.24) is 9.97 Å². The summed E-state index contributed by atoms with van der Waals surface area (Å²) in [5.41, 5.74) is -0.362. The Labute approximate surface area is 77.2 Å². The average Bonchev–Trinajstić information content (AvgIpc) is 2.12. The maximum absolute atomic E-state index is 13.0. The molecule has 0 amide bonds. The van der Waals surface area contributed by atoms with Gasteiger partial charge in [0, 0.05) is 12.4 Å². The van der Waals surface area contributed by atoms with Gasteiger partial charge in [0.25, 0.3) is 5.56 Å². The lowest BCUT2D eigenvalue weighted by atomic mass is 10.2. The topological polar surface area (TPSA) is 45.8 Å². The van der Waals surface area contributed by atoms with Crippen molar-refractivity contribution >= 4 is 22.5 Å². The Morgan fingerprint density at radius 1 is 1.54 bits per heavy atom. The summed E-state index contributed by atoms with van der Waals surface area (Å²) in [6, 6.07) is 1.38. The van der Waals surface area contributed by atoms with Gasteiger partial charge in [0.15, 0.2) is 5.82 Å². The van der Waals surface area contributed by atoms with Gasteiger partial charge < -0.3 is 4.98 Å². The zero-order valence-electron chi connectivity index (χ0n) is 6.34. The summed E-state index contributed by atoms with van der Waals surface area (Å²) in [4.78, 5) is 17.1. The molecule has 0 aliphatic heterocycles. The number of hydrogen-bond acceptors (Lipinski definition) is 2. The molecule has 0 aliphatic carbocycles. The maximum Gasteiger partial charge on any atom is 0.257 e. The van der Waals surface area contributed by atoms with Crippen molar-refractivity contribution in [2.45, 2.75) is 0 Å². The van der Waals surface area contributed by atoms with Crippen LogP contribution < -0.4 is 5.56 Å². The van der Waals surface area contributed by atoms with Crippen molar-refractivity contribution in [3.8, 4) is 0 Å². The Hall–Kier alpha value is -1.42. The number of halogens is 2. The van der Waals surface area contributed by atoms with Gasteiger partial charge in [-0.05, 0) is 6.07 Å². The van der Waals surface area contributed by atoms with Gasteiger partial charge in [0.2, 0.25) is 0 Å². The monoisotopic (exact) mass is 198 g/mol. The third-order valence-corrected chi connectivity index (χ3v) is 1.86. The summed E-state index contributed by atoms with van der Waals surface area (Å²) in [5.74, 6) is -0.564. The van der Waals surface area contributed by atoms with Crippen molar-refractivity contribution < 1.29 is 4.39 Å². The normalized spacial score (nSPS) is 10.6. The number of nitrogens with zero attached hydrogens (tertiary/aromatic N) is 1. The summed E-state index contributed by atoms with van der Waals surface area (Å²) < 4.78 is 13.0. The average molecular weight is 199 g/mol. The largest absolute Gasteiger partial charge is 0.326 e. The van der Waals surface area contributed by atoms with E-state index < -0.39 is 11.4 Å². The van der Waals surface area contributed by atoms with E-state index in [2.05, 4.69) is 9.97 Å². The van der Waals surface area contributed by atoms with Crippen LogP contribution in [0.2, 0.25) is 5.02 Å². The standard InChI is InChI=1S/C8H4ClFN2O/c9-4-1-5-7(11-2-4)6(10)3-12-8(5)13/h1-3H,(H,12,13). The highest BCUT2D eigenvalue weighted by Crippen LogP contribution is 2.14. The molecule has 0 spiro atoms. The Kier molecular flexibility index (Phi) is 1.77. The molecule has 0 fully saturated rings. The van der Waals surface area contributed by atoms with Crippen LogP contribution in [0.5, 0.6) is 0 Å². The summed E-state index contributed by atoms with van der Waals surface area (Å²) >= 11 is 5.61. The van der Waals surface area contributed by atoms with E-state index in [1.165, 1.54) is 12.3 Å². The molecule has 0 saturated heterocycles.